The van der Waals surface area contributed by atoms with Crippen molar-refractivity contribution in [1.29, 1.82) is 0 Å². The van der Waals surface area contributed by atoms with Crippen molar-refractivity contribution >= 4 is 19.9 Å². The minimum absolute atomic E-state index is 0.0182. The van der Waals surface area contributed by atoms with Gasteiger partial charge in [0, 0.05) is 12.4 Å². The maximum absolute atomic E-state index is 8.95. The molecule has 0 spiro atoms. The molecule has 0 rings (SSSR count). The summed E-state index contributed by atoms with van der Waals surface area (Å²) in [5.41, 5.74) is -0.815. The molecule has 21 heavy (non-hydrogen) atoms. The van der Waals surface area contributed by atoms with Gasteiger partial charge in [-0.25, -0.2) is 0 Å². The molecule has 0 aliphatic heterocycles. The van der Waals surface area contributed by atoms with Gasteiger partial charge >= 0.3 is 0 Å². The second-order valence-electron chi connectivity index (χ2n) is 7.87. The molecule has 0 heterocycles. The van der Waals surface area contributed by atoms with Crippen LogP contribution >= 0.6 is 11.6 Å². The molecule has 0 N–H and O–H groups in total. The van der Waals surface area contributed by atoms with E-state index in [0.717, 1.165) is 25.7 Å². The zero-order valence-corrected chi connectivity index (χ0v) is 17.6. The maximum Gasteiger partial charge on any atom is 0.192 e. The van der Waals surface area contributed by atoms with Crippen LogP contribution in [0.1, 0.15) is 76.9 Å². The highest BCUT2D eigenvalue weighted by atomic mass is 35.5. The van der Waals surface area contributed by atoms with Crippen LogP contribution in [0.5, 0.6) is 0 Å². The van der Waals surface area contributed by atoms with Gasteiger partial charge in [0.15, 0.2) is 8.32 Å². The second kappa shape index (κ2) is 7.83. The summed E-state index contributed by atoms with van der Waals surface area (Å²) in [7, 11) is -2.22. The van der Waals surface area contributed by atoms with Gasteiger partial charge in [0.25, 0.3) is 0 Å². The van der Waals surface area contributed by atoms with E-state index in [1.54, 1.807) is 0 Å². The van der Waals surface area contributed by atoms with E-state index in [9.17, 15) is 0 Å². The molecule has 0 aromatic rings. The minimum atomic E-state index is -2.22. The highest BCUT2D eigenvalue weighted by Crippen LogP contribution is 2.52. The van der Waals surface area contributed by atoms with E-state index in [0.29, 0.717) is 5.88 Å². The molecule has 1 nitrogen and oxygen atoms in total. The highest BCUT2D eigenvalue weighted by molar-refractivity contribution is 6.74. The molecule has 0 saturated carbocycles. The Morgan fingerprint density at radius 1 is 0.905 bits per heavy atom. The standard InChI is InChI=1S/C18H39ClOSi/c1-10-17(11-2,14-19)18(12-3,13-4)15-20-21(8,9)16(5,6)7/h10-15H2,1-9H3/i15D2. The topological polar surface area (TPSA) is 9.23 Å². The van der Waals surface area contributed by atoms with E-state index in [4.69, 9.17) is 18.8 Å². The van der Waals surface area contributed by atoms with Crippen molar-refractivity contribution in [2.75, 3.05) is 12.4 Å². The Kier molecular flexibility index (Phi) is 6.65. The van der Waals surface area contributed by atoms with Crippen LogP contribution in [0, 0.1) is 10.8 Å². The predicted molar refractivity (Wildman–Crippen MR) is 99.9 cm³/mol. The van der Waals surface area contributed by atoms with Gasteiger partial charge in [-0.15, -0.1) is 11.6 Å². The van der Waals surface area contributed by atoms with E-state index in [1.165, 1.54) is 0 Å². The molecule has 0 radical (unpaired) electrons. The quantitative estimate of drug-likeness (QED) is 0.330. The van der Waals surface area contributed by atoms with Crippen LogP contribution in [0.4, 0.5) is 0 Å². The van der Waals surface area contributed by atoms with Crippen molar-refractivity contribution in [3.05, 3.63) is 0 Å². The third kappa shape index (κ3) is 4.26. The number of hydrogen-bond acceptors (Lipinski definition) is 1. The molecule has 0 aromatic carbocycles. The molecule has 0 saturated heterocycles. The van der Waals surface area contributed by atoms with Gasteiger partial charge in [0.1, 0.15) is 0 Å². The number of hydrogen-bond donors (Lipinski definition) is 0. The molecular formula is C18H39ClOSi. The Balaban J connectivity index is 6.12. The Hall–Kier alpha value is 0.467. The van der Waals surface area contributed by atoms with Crippen LogP contribution in [0.3, 0.4) is 0 Å². The molecule has 3 heteroatoms. The van der Waals surface area contributed by atoms with Crippen LogP contribution in [0.25, 0.3) is 0 Å². The molecule has 0 atom stereocenters. The van der Waals surface area contributed by atoms with Crippen LogP contribution in [0.2, 0.25) is 18.1 Å². The smallest absolute Gasteiger partial charge is 0.192 e. The van der Waals surface area contributed by atoms with E-state index in [2.05, 4.69) is 61.6 Å². The Morgan fingerprint density at radius 2 is 1.29 bits per heavy atom. The fourth-order valence-electron chi connectivity index (χ4n) is 2.87. The lowest BCUT2D eigenvalue weighted by molar-refractivity contribution is -0.0150. The summed E-state index contributed by atoms with van der Waals surface area (Å²) >= 11 is 6.42. The molecule has 0 aromatic heterocycles. The second-order valence-corrected chi connectivity index (χ2v) is 12.9. The van der Waals surface area contributed by atoms with Gasteiger partial charge in [0.2, 0.25) is 0 Å². The first kappa shape index (κ1) is 17.8. The molecule has 0 bridgehead atoms. The summed E-state index contributed by atoms with van der Waals surface area (Å²) in [5, 5.41) is -0.0182. The number of rotatable bonds is 9. The molecule has 0 aliphatic rings. The lowest BCUT2D eigenvalue weighted by atomic mass is 9.59. The van der Waals surface area contributed by atoms with Gasteiger partial charge in [-0.2, -0.15) is 0 Å². The fraction of sp³-hybridized carbons (Fsp3) is 1.00. The maximum atomic E-state index is 8.95. The molecule has 0 aliphatic carbocycles. The van der Waals surface area contributed by atoms with Gasteiger partial charge in [-0.3, -0.25) is 0 Å². The van der Waals surface area contributed by atoms with Crippen LogP contribution in [0.15, 0.2) is 0 Å². The summed E-state index contributed by atoms with van der Waals surface area (Å²) in [4.78, 5) is 0. The van der Waals surface area contributed by atoms with Crippen molar-refractivity contribution in [2.45, 2.75) is 92.3 Å². The monoisotopic (exact) mass is 336 g/mol. The normalized spacial score (nSPS) is 16.7. The predicted octanol–water partition coefficient (Wildman–Crippen LogP) is 6.86. The third-order valence-corrected chi connectivity index (χ3v) is 10.9. The Bertz CT molecular complexity index is 361. The van der Waals surface area contributed by atoms with Crippen molar-refractivity contribution in [2.24, 2.45) is 10.8 Å². The zero-order chi connectivity index (χ0) is 18.7. The summed E-state index contributed by atoms with van der Waals surface area (Å²) in [6.07, 6.45) is 3.21. The van der Waals surface area contributed by atoms with E-state index in [-0.39, 0.29) is 10.5 Å². The van der Waals surface area contributed by atoms with E-state index in [1.807, 2.05) is 0 Å². The summed E-state index contributed by atoms with van der Waals surface area (Å²) in [6, 6.07) is 0. The van der Waals surface area contributed by atoms with Crippen LogP contribution in [-0.4, -0.2) is 20.8 Å². The summed E-state index contributed by atoms with van der Waals surface area (Å²) in [5.74, 6) is 0.474. The van der Waals surface area contributed by atoms with Gasteiger partial charge < -0.3 is 4.43 Å². The Labute approximate surface area is 143 Å². The third-order valence-electron chi connectivity index (χ3n) is 6.14. The molecule has 0 unspecified atom stereocenters. The Morgan fingerprint density at radius 3 is 1.52 bits per heavy atom. The van der Waals surface area contributed by atoms with Crippen LogP contribution in [-0.2, 0) is 4.43 Å². The lowest BCUT2D eigenvalue weighted by Gasteiger charge is -2.51. The highest BCUT2D eigenvalue weighted by Gasteiger charge is 2.48. The van der Waals surface area contributed by atoms with Gasteiger partial charge in [-0.05, 0) is 54.6 Å². The van der Waals surface area contributed by atoms with Gasteiger partial charge in [-0.1, -0.05) is 48.5 Å². The van der Waals surface area contributed by atoms with E-state index < -0.39 is 20.3 Å². The minimum Gasteiger partial charge on any atom is -0.416 e. The van der Waals surface area contributed by atoms with Crippen molar-refractivity contribution < 1.29 is 7.17 Å². The summed E-state index contributed by atoms with van der Waals surface area (Å²) < 4.78 is 24.3. The molecule has 0 amide bonds. The van der Waals surface area contributed by atoms with Gasteiger partial charge in [0.05, 0.1) is 2.74 Å². The van der Waals surface area contributed by atoms with Crippen molar-refractivity contribution in [1.82, 2.24) is 0 Å². The molecule has 128 valence electrons. The zero-order valence-electron chi connectivity index (χ0n) is 17.8. The summed E-state index contributed by atoms with van der Waals surface area (Å²) in [6.45, 7) is 17.5. The average molecular weight is 337 g/mol. The first-order valence-corrected chi connectivity index (χ1v) is 12.0. The average Bonchev–Trinajstić information content (AvgIpc) is 2.42. The first-order chi connectivity index (χ1) is 10.3. The number of alkyl halides is 1. The van der Waals surface area contributed by atoms with Crippen LogP contribution < -0.4 is 0 Å². The lowest BCUT2D eigenvalue weighted by Crippen LogP contribution is -2.50. The van der Waals surface area contributed by atoms with Crippen molar-refractivity contribution in [3.63, 3.8) is 0 Å². The van der Waals surface area contributed by atoms with E-state index >= 15 is 0 Å². The number of halogens is 1. The molecule has 0 fully saturated rings. The fourth-order valence-corrected chi connectivity index (χ4v) is 4.27. The first-order valence-electron chi connectivity index (χ1n) is 9.52. The SMILES string of the molecule is [2H]C([2H])(O[Si](C)(C)C(C)(C)C)C(CC)(CC)C(CC)(CC)CCl. The van der Waals surface area contributed by atoms with Crippen molar-refractivity contribution in [3.8, 4) is 0 Å². The molecular weight excluding hydrogens is 296 g/mol. The largest absolute Gasteiger partial charge is 0.416 e.